The van der Waals surface area contributed by atoms with Gasteiger partial charge in [0.2, 0.25) is 21.8 Å². The second-order valence-electron chi connectivity index (χ2n) is 9.68. The number of sulfonamides is 1. The molecular formula is C30H36BrN3O5S. The molecule has 3 aromatic carbocycles. The Bertz CT molecular complexity index is 1380. The molecule has 2 amide bonds. The summed E-state index contributed by atoms with van der Waals surface area (Å²) >= 11 is 3.44. The van der Waals surface area contributed by atoms with Gasteiger partial charge in [-0.25, -0.2) is 8.42 Å². The van der Waals surface area contributed by atoms with Crippen molar-refractivity contribution < 1.29 is 22.7 Å². The van der Waals surface area contributed by atoms with E-state index in [-0.39, 0.29) is 18.5 Å². The molecule has 0 aromatic heterocycles. The summed E-state index contributed by atoms with van der Waals surface area (Å²) in [6.45, 7) is 5.55. The van der Waals surface area contributed by atoms with Crippen molar-refractivity contribution in [1.82, 2.24) is 10.2 Å². The zero-order valence-electron chi connectivity index (χ0n) is 23.2. The van der Waals surface area contributed by atoms with Gasteiger partial charge in [0.1, 0.15) is 24.9 Å². The SMILES string of the molecule is CC[C@@H](C)NC(=O)[C@H](C)N(Cc1cccc(Br)c1)C(=O)CN(c1ccc(OCc2ccccc2)cc1)S(C)(=O)=O. The van der Waals surface area contributed by atoms with E-state index in [2.05, 4.69) is 21.2 Å². The van der Waals surface area contributed by atoms with Crippen LogP contribution in [-0.4, -0.2) is 50.0 Å². The van der Waals surface area contributed by atoms with Crippen molar-refractivity contribution in [3.63, 3.8) is 0 Å². The van der Waals surface area contributed by atoms with Gasteiger partial charge >= 0.3 is 0 Å². The van der Waals surface area contributed by atoms with Gasteiger partial charge in [-0.1, -0.05) is 65.3 Å². The molecule has 2 atom stereocenters. The van der Waals surface area contributed by atoms with Gasteiger partial charge in [-0.2, -0.15) is 0 Å². The number of anilines is 1. The first-order valence-electron chi connectivity index (χ1n) is 13.1. The van der Waals surface area contributed by atoms with Gasteiger partial charge < -0.3 is 15.0 Å². The van der Waals surface area contributed by atoms with Gasteiger partial charge in [0, 0.05) is 17.1 Å². The number of rotatable bonds is 13. The minimum absolute atomic E-state index is 0.0621. The monoisotopic (exact) mass is 629 g/mol. The zero-order chi connectivity index (χ0) is 29.3. The summed E-state index contributed by atoms with van der Waals surface area (Å²) < 4.78 is 33.3. The zero-order valence-corrected chi connectivity index (χ0v) is 25.6. The number of amides is 2. The van der Waals surface area contributed by atoms with Gasteiger partial charge in [0.15, 0.2) is 0 Å². The van der Waals surface area contributed by atoms with E-state index in [4.69, 9.17) is 4.74 Å². The third-order valence-electron chi connectivity index (χ3n) is 6.46. The largest absolute Gasteiger partial charge is 0.489 e. The number of halogens is 1. The smallest absolute Gasteiger partial charge is 0.244 e. The Morgan fingerprint density at radius 1 is 0.950 bits per heavy atom. The third-order valence-corrected chi connectivity index (χ3v) is 8.10. The molecule has 0 saturated heterocycles. The van der Waals surface area contributed by atoms with Crippen LogP contribution in [0.25, 0.3) is 0 Å². The highest BCUT2D eigenvalue weighted by Gasteiger charge is 2.30. The van der Waals surface area contributed by atoms with E-state index in [1.807, 2.05) is 68.4 Å². The lowest BCUT2D eigenvalue weighted by Crippen LogP contribution is -2.52. The number of hydrogen-bond acceptors (Lipinski definition) is 5. The third kappa shape index (κ3) is 9.09. The van der Waals surface area contributed by atoms with Crippen molar-refractivity contribution in [2.24, 2.45) is 0 Å². The second-order valence-corrected chi connectivity index (χ2v) is 12.5. The number of hydrogen-bond donors (Lipinski definition) is 1. The van der Waals surface area contributed by atoms with Crippen LogP contribution in [-0.2, 0) is 32.8 Å². The highest BCUT2D eigenvalue weighted by molar-refractivity contribution is 9.10. The quantitative estimate of drug-likeness (QED) is 0.283. The van der Waals surface area contributed by atoms with Crippen LogP contribution in [0.4, 0.5) is 5.69 Å². The van der Waals surface area contributed by atoms with E-state index in [0.29, 0.717) is 18.0 Å². The normalized spacial score (nSPS) is 12.7. The van der Waals surface area contributed by atoms with Gasteiger partial charge in [-0.15, -0.1) is 0 Å². The first-order valence-corrected chi connectivity index (χ1v) is 15.7. The first kappa shape index (κ1) is 31.2. The molecule has 0 spiro atoms. The van der Waals surface area contributed by atoms with Crippen molar-refractivity contribution in [2.45, 2.75) is 52.4 Å². The van der Waals surface area contributed by atoms with E-state index in [9.17, 15) is 18.0 Å². The maximum atomic E-state index is 13.7. The van der Waals surface area contributed by atoms with Gasteiger partial charge in [0.25, 0.3) is 0 Å². The number of carbonyl (C=O) groups excluding carboxylic acids is 2. The highest BCUT2D eigenvalue weighted by Crippen LogP contribution is 2.23. The molecule has 0 saturated carbocycles. The molecule has 0 aliphatic heterocycles. The number of nitrogens with zero attached hydrogens (tertiary/aromatic N) is 2. The number of nitrogens with one attached hydrogen (secondary N) is 1. The van der Waals surface area contributed by atoms with Crippen LogP contribution in [0.1, 0.15) is 38.3 Å². The molecule has 0 aliphatic rings. The fourth-order valence-corrected chi connectivity index (χ4v) is 5.24. The van der Waals surface area contributed by atoms with Crippen molar-refractivity contribution in [3.8, 4) is 5.75 Å². The lowest BCUT2D eigenvalue weighted by atomic mass is 10.1. The molecule has 3 aromatic rings. The van der Waals surface area contributed by atoms with E-state index in [0.717, 1.165) is 32.6 Å². The fraction of sp³-hybridized carbons (Fsp3) is 0.333. The van der Waals surface area contributed by atoms with Crippen molar-refractivity contribution in [3.05, 3.63) is 94.5 Å². The molecule has 214 valence electrons. The molecule has 1 N–H and O–H groups in total. The first-order chi connectivity index (χ1) is 19.0. The van der Waals surface area contributed by atoms with Crippen molar-refractivity contribution in [2.75, 3.05) is 17.1 Å². The molecular weight excluding hydrogens is 594 g/mol. The average Bonchev–Trinajstić information content (AvgIpc) is 2.93. The summed E-state index contributed by atoms with van der Waals surface area (Å²) in [6.07, 6.45) is 1.79. The van der Waals surface area contributed by atoms with E-state index in [1.54, 1.807) is 31.2 Å². The van der Waals surface area contributed by atoms with Crippen LogP contribution in [0.15, 0.2) is 83.3 Å². The summed E-state index contributed by atoms with van der Waals surface area (Å²) in [5.74, 6) is -0.232. The summed E-state index contributed by atoms with van der Waals surface area (Å²) in [6, 6.07) is 22.8. The summed E-state index contributed by atoms with van der Waals surface area (Å²) in [4.78, 5) is 28.1. The summed E-state index contributed by atoms with van der Waals surface area (Å²) in [5.41, 5.74) is 2.13. The minimum Gasteiger partial charge on any atom is -0.489 e. The molecule has 0 fully saturated rings. The Balaban J connectivity index is 1.82. The Morgan fingerprint density at radius 2 is 1.60 bits per heavy atom. The Morgan fingerprint density at radius 3 is 2.20 bits per heavy atom. The molecule has 0 radical (unpaired) electrons. The van der Waals surface area contributed by atoms with Gasteiger partial charge in [0.05, 0.1) is 11.9 Å². The van der Waals surface area contributed by atoms with Crippen LogP contribution < -0.4 is 14.4 Å². The van der Waals surface area contributed by atoms with Crippen LogP contribution in [0.5, 0.6) is 5.75 Å². The number of ether oxygens (including phenoxy) is 1. The Hall–Kier alpha value is -3.37. The molecule has 0 aliphatic carbocycles. The molecule has 8 nitrogen and oxygen atoms in total. The molecule has 3 rings (SSSR count). The van der Waals surface area contributed by atoms with E-state index < -0.39 is 28.5 Å². The Labute approximate surface area is 245 Å². The predicted molar refractivity (Wildman–Crippen MR) is 161 cm³/mol. The van der Waals surface area contributed by atoms with E-state index in [1.165, 1.54) is 4.90 Å². The van der Waals surface area contributed by atoms with Crippen LogP contribution in [0.3, 0.4) is 0 Å². The standard InChI is InChI=1S/C30H36BrN3O5S/c1-5-22(2)32-30(36)23(3)33(19-25-12-9-13-26(31)18-25)29(35)20-34(40(4,37)38)27-14-16-28(17-15-27)39-21-24-10-7-6-8-11-24/h6-18,22-23H,5,19-21H2,1-4H3,(H,32,36)/t22-,23+/m1/s1. The number of benzene rings is 3. The fourth-order valence-electron chi connectivity index (χ4n) is 3.94. The predicted octanol–water partition coefficient (Wildman–Crippen LogP) is 5.13. The number of carbonyl (C=O) groups is 2. The van der Waals surface area contributed by atoms with Gasteiger partial charge in [-0.3, -0.25) is 13.9 Å². The molecule has 40 heavy (non-hydrogen) atoms. The van der Waals surface area contributed by atoms with E-state index >= 15 is 0 Å². The van der Waals surface area contributed by atoms with Crippen molar-refractivity contribution >= 4 is 43.5 Å². The molecule has 0 bridgehead atoms. The molecule has 10 heteroatoms. The second kappa shape index (κ2) is 14.3. The molecule has 0 heterocycles. The highest BCUT2D eigenvalue weighted by atomic mass is 79.9. The average molecular weight is 631 g/mol. The summed E-state index contributed by atoms with van der Waals surface area (Å²) in [5, 5.41) is 2.92. The molecule has 0 unspecified atom stereocenters. The maximum Gasteiger partial charge on any atom is 0.244 e. The maximum absolute atomic E-state index is 13.7. The summed E-state index contributed by atoms with van der Waals surface area (Å²) in [7, 11) is -3.83. The van der Waals surface area contributed by atoms with Gasteiger partial charge in [-0.05, 0) is 67.8 Å². The van der Waals surface area contributed by atoms with Crippen molar-refractivity contribution in [1.29, 1.82) is 0 Å². The topological polar surface area (TPSA) is 96.0 Å². The minimum atomic E-state index is -3.83. The van der Waals surface area contributed by atoms with Crippen LogP contribution in [0.2, 0.25) is 0 Å². The lowest BCUT2D eigenvalue weighted by molar-refractivity contribution is -0.139. The lowest BCUT2D eigenvalue weighted by Gasteiger charge is -2.32. The Kier molecular flexibility index (Phi) is 11.2. The van der Waals surface area contributed by atoms with Crippen LogP contribution in [0, 0.1) is 0 Å². The van der Waals surface area contributed by atoms with Crippen LogP contribution >= 0.6 is 15.9 Å².